The first-order valence-corrected chi connectivity index (χ1v) is 7.38. The highest BCUT2D eigenvalue weighted by atomic mass is 32.1. The van der Waals surface area contributed by atoms with Gasteiger partial charge in [0, 0.05) is 0 Å². The zero-order valence-electron chi connectivity index (χ0n) is 11.1. The molecule has 22 heavy (non-hydrogen) atoms. The molecule has 2 aromatic rings. The van der Waals surface area contributed by atoms with Crippen molar-refractivity contribution >= 4 is 17.2 Å². The average Bonchev–Trinajstić information content (AvgIpc) is 3.06. The number of carbonyl (C=O) groups is 1. The molecule has 1 aliphatic carbocycles. The van der Waals surface area contributed by atoms with Gasteiger partial charge in [-0.2, -0.15) is 13.2 Å². The molecule has 1 aromatic carbocycles. The topological polar surface area (TPSA) is 62.2 Å². The van der Waals surface area contributed by atoms with Crippen LogP contribution in [0.4, 0.5) is 13.2 Å². The number of alkyl halides is 3. The fourth-order valence-corrected chi connectivity index (χ4v) is 3.33. The van der Waals surface area contributed by atoms with Crippen LogP contribution >= 0.6 is 11.3 Å². The van der Waals surface area contributed by atoms with Crippen molar-refractivity contribution in [1.82, 2.24) is 10.3 Å². The molecule has 4 nitrogen and oxygen atoms in total. The van der Waals surface area contributed by atoms with Crippen molar-refractivity contribution in [2.45, 2.75) is 25.1 Å². The summed E-state index contributed by atoms with van der Waals surface area (Å²) in [5.41, 5.74) is 1.32. The molecule has 1 unspecified atom stereocenters. The van der Waals surface area contributed by atoms with E-state index >= 15 is 0 Å². The smallest absolute Gasteiger partial charge is 0.434 e. The number of nitrogens with zero attached hydrogens (tertiary/aromatic N) is 1. The Morgan fingerprint density at radius 2 is 2.18 bits per heavy atom. The van der Waals surface area contributed by atoms with Gasteiger partial charge in [-0.05, 0) is 30.0 Å². The highest BCUT2D eigenvalue weighted by Crippen LogP contribution is 2.37. The Morgan fingerprint density at radius 3 is 2.91 bits per heavy atom. The summed E-state index contributed by atoms with van der Waals surface area (Å²) in [6.45, 7) is 0. The molecule has 0 spiro atoms. The van der Waals surface area contributed by atoms with E-state index in [4.69, 9.17) is 0 Å². The SMILES string of the molecule is O=C(NC1CCc2c(O)cccc21)c1scnc1C(F)(F)F. The van der Waals surface area contributed by atoms with Crippen LogP contribution in [0.3, 0.4) is 0 Å². The van der Waals surface area contributed by atoms with Crippen LogP contribution in [-0.4, -0.2) is 16.0 Å². The summed E-state index contributed by atoms with van der Waals surface area (Å²) in [6, 6.07) is 4.54. The van der Waals surface area contributed by atoms with Gasteiger partial charge in [0.1, 0.15) is 10.6 Å². The van der Waals surface area contributed by atoms with Crippen molar-refractivity contribution in [1.29, 1.82) is 0 Å². The summed E-state index contributed by atoms with van der Waals surface area (Å²) in [4.78, 5) is 14.9. The van der Waals surface area contributed by atoms with Crippen molar-refractivity contribution in [3.63, 3.8) is 0 Å². The molecule has 0 fully saturated rings. The van der Waals surface area contributed by atoms with E-state index in [1.54, 1.807) is 18.2 Å². The van der Waals surface area contributed by atoms with Gasteiger partial charge in [0.05, 0.1) is 11.6 Å². The zero-order chi connectivity index (χ0) is 15.9. The minimum Gasteiger partial charge on any atom is -0.508 e. The lowest BCUT2D eigenvalue weighted by atomic mass is 10.1. The quantitative estimate of drug-likeness (QED) is 0.889. The maximum Gasteiger partial charge on any atom is 0.434 e. The number of hydrogen-bond donors (Lipinski definition) is 2. The molecule has 0 saturated carbocycles. The molecule has 1 atom stereocenters. The molecule has 1 heterocycles. The van der Waals surface area contributed by atoms with E-state index in [9.17, 15) is 23.1 Å². The predicted octanol–water partition coefficient (Wildman–Crippen LogP) is 3.28. The van der Waals surface area contributed by atoms with Crippen molar-refractivity contribution in [2.75, 3.05) is 0 Å². The Labute approximate surface area is 127 Å². The van der Waals surface area contributed by atoms with Crippen LogP contribution in [0.25, 0.3) is 0 Å². The molecule has 0 saturated heterocycles. The molecule has 8 heteroatoms. The maximum atomic E-state index is 12.8. The number of halogens is 3. The summed E-state index contributed by atoms with van der Waals surface area (Å²) in [5, 5.41) is 12.3. The van der Waals surface area contributed by atoms with Gasteiger partial charge >= 0.3 is 6.18 Å². The second-order valence-corrected chi connectivity index (χ2v) is 5.79. The van der Waals surface area contributed by atoms with Crippen LogP contribution < -0.4 is 5.32 Å². The summed E-state index contributed by atoms with van der Waals surface area (Å²) >= 11 is 0.660. The first-order valence-electron chi connectivity index (χ1n) is 6.50. The lowest BCUT2D eigenvalue weighted by Crippen LogP contribution is -2.28. The van der Waals surface area contributed by atoms with Crippen molar-refractivity contribution in [3.8, 4) is 5.75 Å². The van der Waals surface area contributed by atoms with Crippen LogP contribution in [0.1, 0.15) is 39.0 Å². The minimum absolute atomic E-state index is 0.142. The molecule has 116 valence electrons. The Balaban J connectivity index is 1.83. The second kappa shape index (κ2) is 5.28. The van der Waals surface area contributed by atoms with Crippen LogP contribution in [0.15, 0.2) is 23.7 Å². The van der Waals surface area contributed by atoms with E-state index in [2.05, 4.69) is 10.3 Å². The average molecular weight is 328 g/mol. The van der Waals surface area contributed by atoms with E-state index in [0.717, 1.165) is 16.6 Å². The molecular weight excluding hydrogens is 317 g/mol. The molecule has 0 aliphatic heterocycles. The normalized spacial score (nSPS) is 17.3. The maximum absolute atomic E-state index is 12.8. The van der Waals surface area contributed by atoms with E-state index in [0.29, 0.717) is 24.2 Å². The second-order valence-electron chi connectivity index (χ2n) is 4.94. The fourth-order valence-electron chi connectivity index (χ4n) is 2.62. The number of rotatable bonds is 2. The number of benzene rings is 1. The first-order chi connectivity index (χ1) is 10.4. The standard InChI is InChI=1S/C14H11F3N2O2S/c15-14(16,17)12-11(22-6-18-12)13(21)19-9-5-4-8-7(9)2-1-3-10(8)20/h1-3,6,9,20H,4-5H2,(H,19,21). The van der Waals surface area contributed by atoms with E-state index in [1.165, 1.54) is 0 Å². The van der Waals surface area contributed by atoms with Gasteiger partial charge in [0.15, 0.2) is 5.69 Å². The summed E-state index contributed by atoms with van der Waals surface area (Å²) < 4.78 is 38.3. The van der Waals surface area contributed by atoms with Crippen molar-refractivity contribution in [3.05, 3.63) is 45.4 Å². The van der Waals surface area contributed by atoms with Crippen molar-refractivity contribution < 1.29 is 23.1 Å². The zero-order valence-corrected chi connectivity index (χ0v) is 12.0. The first kappa shape index (κ1) is 14.8. The van der Waals surface area contributed by atoms with Gasteiger partial charge < -0.3 is 10.4 Å². The van der Waals surface area contributed by atoms with Gasteiger partial charge in [0.2, 0.25) is 0 Å². The van der Waals surface area contributed by atoms with Crippen LogP contribution in [0.5, 0.6) is 5.75 Å². The minimum atomic E-state index is -4.65. The molecule has 0 radical (unpaired) electrons. The molecule has 3 rings (SSSR count). The number of aromatic nitrogens is 1. The Morgan fingerprint density at radius 1 is 1.41 bits per heavy atom. The van der Waals surface area contributed by atoms with Gasteiger partial charge in [0.25, 0.3) is 5.91 Å². The number of phenols is 1. The lowest BCUT2D eigenvalue weighted by Gasteiger charge is -2.14. The summed E-state index contributed by atoms with van der Waals surface area (Å²) in [7, 11) is 0. The third-order valence-corrected chi connectivity index (χ3v) is 4.42. The van der Waals surface area contributed by atoms with E-state index in [-0.39, 0.29) is 5.75 Å². The van der Waals surface area contributed by atoms with Gasteiger partial charge in [-0.25, -0.2) is 4.98 Å². The molecule has 2 N–H and O–H groups in total. The molecule has 1 aromatic heterocycles. The van der Waals surface area contributed by atoms with Crippen LogP contribution in [-0.2, 0) is 12.6 Å². The molecular formula is C14H11F3N2O2S. The lowest BCUT2D eigenvalue weighted by molar-refractivity contribution is -0.141. The highest BCUT2D eigenvalue weighted by molar-refractivity contribution is 7.11. The largest absolute Gasteiger partial charge is 0.508 e. The Bertz CT molecular complexity index is 727. The number of amides is 1. The third-order valence-electron chi connectivity index (χ3n) is 3.59. The summed E-state index contributed by atoms with van der Waals surface area (Å²) in [6.07, 6.45) is -3.54. The van der Waals surface area contributed by atoms with Crippen molar-refractivity contribution in [2.24, 2.45) is 0 Å². The Hall–Kier alpha value is -2.09. The predicted molar refractivity (Wildman–Crippen MR) is 73.8 cm³/mol. The van der Waals surface area contributed by atoms with E-state index < -0.39 is 28.7 Å². The highest BCUT2D eigenvalue weighted by Gasteiger charge is 2.39. The third kappa shape index (κ3) is 2.54. The number of nitrogens with one attached hydrogen (secondary N) is 1. The van der Waals surface area contributed by atoms with Gasteiger partial charge in [-0.1, -0.05) is 12.1 Å². The molecule has 0 bridgehead atoms. The van der Waals surface area contributed by atoms with E-state index in [1.807, 2.05) is 0 Å². The number of aromatic hydroxyl groups is 1. The summed E-state index contributed by atoms with van der Waals surface area (Å²) in [5.74, 6) is -0.654. The monoisotopic (exact) mass is 328 g/mol. The molecule has 1 aliphatic rings. The molecule has 1 amide bonds. The number of phenolic OH excluding ortho intramolecular Hbond substituents is 1. The number of thiazole rings is 1. The van der Waals surface area contributed by atoms with Crippen LogP contribution in [0, 0.1) is 0 Å². The number of carbonyl (C=O) groups excluding carboxylic acids is 1. The fraction of sp³-hybridized carbons (Fsp3) is 0.286. The number of hydrogen-bond acceptors (Lipinski definition) is 4. The van der Waals surface area contributed by atoms with Gasteiger partial charge in [-0.3, -0.25) is 4.79 Å². The number of fused-ring (bicyclic) bond motifs is 1. The van der Waals surface area contributed by atoms with Gasteiger partial charge in [-0.15, -0.1) is 11.3 Å². The Kier molecular flexibility index (Phi) is 3.56. The van der Waals surface area contributed by atoms with Crippen LogP contribution in [0.2, 0.25) is 0 Å².